The van der Waals surface area contributed by atoms with Gasteiger partial charge in [-0.15, -0.1) is 18.9 Å². The van der Waals surface area contributed by atoms with E-state index >= 15 is 0 Å². The van der Waals surface area contributed by atoms with Crippen LogP contribution in [-0.2, 0) is 4.79 Å². The van der Waals surface area contributed by atoms with Crippen LogP contribution in [0, 0.1) is 24.2 Å². The van der Waals surface area contributed by atoms with Gasteiger partial charge in [-0.3, -0.25) is 4.79 Å². The van der Waals surface area contributed by atoms with Gasteiger partial charge in [0.25, 0.3) is 0 Å². The zero-order valence-electron chi connectivity index (χ0n) is 11.1. The van der Waals surface area contributed by atoms with Gasteiger partial charge in [0.05, 0.1) is 8.07 Å². The molecule has 1 aliphatic carbocycles. The van der Waals surface area contributed by atoms with E-state index in [0.717, 1.165) is 18.0 Å². The molecule has 1 rings (SSSR count). The first kappa shape index (κ1) is 14.0. The third-order valence-corrected chi connectivity index (χ3v) is 5.43. The average Bonchev–Trinajstić information content (AvgIpc) is 2.20. The van der Waals surface area contributed by atoms with Gasteiger partial charge in [-0.05, 0) is 23.5 Å². The Balaban J connectivity index is 3.02. The Morgan fingerprint density at radius 1 is 1.59 bits per heavy atom. The number of terminal acetylenes is 1. The van der Waals surface area contributed by atoms with Crippen molar-refractivity contribution in [1.29, 1.82) is 0 Å². The highest BCUT2D eigenvalue weighted by Gasteiger charge is 2.34. The first-order chi connectivity index (χ1) is 7.90. The van der Waals surface area contributed by atoms with Gasteiger partial charge >= 0.3 is 0 Å². The van der Waals surface area contributed by atoms with E-state index in [0.29, 0.717) is 24.0 Å². The number of carbonyl (C=O) groups is 1. The second kappa shape index (κ2) is 5.51. The molecule has 1 nitrogen and oxygen atoms in total. The Bertz CT molecular complexity index is 379. The molecule has 1 aliphatic rings. The number of carbonyl (C=O) groups excluding carboxylic acids is 1. The van der Waals surface area contributed by atoms with Crippen LogP contribution in [0.15, 0.2) is 23.9 Å². The van der Waals surface area contributed by atoms with Gasteiger partial charge < -0.3 is 0 Å². The Hall–Kier alpha value is -1.07. The molecule has 0 saturated heterocycles. The number of ketones is 1. The van der Waals surface area contributed by atoms with Gasteiger partial charge in [0.2, 0.25) is 0 Å². The molecule has 0 aliphatic heterocycles. The molecular formula is C15H22OSi. The highest BCUT2D eigenvalue weighted by molar-refractivity contribution is 6.87. The highest BCUT2D eigenvalue weighted by atomic mass is 28.3. The van der Waals surface area contributed by atoms with Gasteiger partial charge in [0.1, 0.15) is 0 Å². The molecule has 0 aromatic rings. The van der Waals surface area contributed by atoms with Crippen molar-refractivity contribution in [3.05, 3.63) is 23.9 Å². The van der Waals surface area contributed by atoms with Crippen molar-refractivity contribution < 1.29 is 4.79 Å². The fourth-order valence-corrected chi connectivity index (χ4v) is 4.10. The largest absolute Gasteiger partial charge is 0.295 e. The average molecular weight is 246 g/mol. The molecule has 0 spiro atoms. The molecule has 0 fully saturated rings. The van der Waals surface area contributed by atoms with Crippen molar-refractivity contribution in [2.24, 2.45) is 11.8 Å². The molecule has 0 aromatic carbocycles. The molecule has 0 amide bonds. The minimum Gasteiger partial charge on any atom is -0.295 e. The van der Waals surface area contributed by atoms with Crippen molar-refractivity contribution in [1.82, 2.24) is 0 Å². The topological polar surface area (TPSA) is 17.1 Å². The van der Waals surface area contributed by atoms with Crippen LogP contribution in [0.4, 0.5) is 0 Å². The lowest BCUT2D eigenvalue weighted by atomic mass is 9.79. The van der Waals surface area contributed by atoms with Gasteiger partial charge in [0, 0.05) is 12.8 Å². The summed E-state index contributed by atoms with van der Waals surface area (Å²) in [4.78, 5) is 12.2. The van der Waals surface area contributed by atoms with E-state index in [-0.39, 0.29) is 0 Å². The standard InChI is InChI=1S/C15H22OSi/c1-6-8-12-10-14(16)15(17(3,4)5)11-13(12)9-7-2/h2,6,11-13H,1,8-10H2,3-5H3/t12-,13-/m1/s1. The molecule has 0 saturated carbocycles. The van der Waals surface area contributed by atoms with Crippen LogP contribution in [0.25, 0.3) is 0 Å². The summed E-state index contributed by atoms with van der Waals surface area (Å²) >= 11 is 0. The van der Waals surface area contributed by atoms with E-state index < -0.39 is 8.07 Å². The van der Waals surface area contributed by atoms with Crippen molar-refractivity contribution in [2.75, 3.05) is 0 Å². The number of hydrogen-bond donors (Lipinski definition) is 0. The van der Waals surface area contributed by atoms with Crippen LogP contribution in [-0.4, -0.2) is 13.9 Å². The molecule has 92 valence electrons. The monoisotopic (exact) mass is 246 g/mol. The van der Waals surface area contributed by atoms with E-state index in [9.17, 15) is 4.79 Å². The lowest BCUT2D eigenvalue weighted by Gasteiger charge is -2.32. The van der Waals surface area contributed by atoms with E-state index in [1.807, 2.05) is 6.08 Å². The summed E-state index contributed by atoms with van der Waals surface area (Å²) in [5.41, 5.74) is 0. The highest BCUT2D eigenvalue weighted by Crippen LogP contribution is 2.34. The first-order valence-electron chi connectivity index (χ1n) is 6.20. The fraction of sp³-hybridized carbons (Fsp3) is 0.533. The van der Waals surface area contributed by atoms with Crippen molar-refractivity contribution in [3.8, 4) is 12.3 Å². The Labute approximate surface area is 106 Å². The summed E-state index contributed by atoms with van der Waals surface area (Å²) in [6, 6.07) is 0. The summed E-state index contributed by atoms with van der Waals surface area (Å²) in [5.74, 6) is 3.79. The van der Waals surface area contributed by atoms with Crippen LogP contribution in [0.5, 0.6) is 0 Å². The molecule has 0 heterocycles. The molecule has 0 unspecified atom stereocenters. The zero-order chi connectivity index (χ0) is 13.1. The van der Waals surface area contributed by atoms with E-state index in [4.69, 9.17) is 6.42 Å². The SMILES string of the molecule is C#CC[C@@H]1C=C([Si](C)(C)C)C(=O)C[C@H]1CC=C. The number of allylic oxidation sites excluding steroid dienone is 3. The smallest absolute Gasteiger partial charge is 0.154 e. The zero-order valence-corrected chi connectivity index (χ0v) is 12.1. The predicted octanol–water partition coefficient (Wildman–Crippen LogP) is 3.59. The van der Waals surface area contributed by atoms with Crippen LogP contribution >= 0.6 is 0 Å². The van der Waals surface area contributed by atoms with Crippen LogP contribution in [0.2, 0.25) is 19.6 Å². The lowest BCUT2D eigenvalue weighted by Crippen LogP contribution is -2.35. The van der Waals surface area contributed by atoms with Crippen molar-refractivity contribution in [3.63, 3.8) is 0 Å². The molecule has 17 heavy (non-hydrogen) atoms. The Morgan fingerprint density at radius 2 is 2.24 bits per heavy atom. The number of rotatable bonds is 4. The van der Waals surface area contributed by atoms with Crippen molar-refractivity contribution >= 4 is 13.9 Å². The number of Topliss-reactive ketones (excluding diaryl/α,β-unsaturated/α-hetero) is 1. The summed E-state index contributed by atoms with van der Waals surface area (Å²) < 4.78 is 0. The lowest BCUT2D eigenvalue weighted by molar-refractivity contribution is -0.116. The van der Waals surface area contributed by atoms with E-state index in [1.165, 1.54) is 0 Å². The van der Waals surface area contributed by atoms with Gasteiger partial charge in [-0.2, -0.15) is 0 Å². The van der Waals surface area contributed by atoms with Crippen LogP contribution in [0.3, 0.4) is 0 Å². The fourth-order valence-electron chi connectivity index (χ4n) is 2.44. The maximum Gasteiger partial charge on any atom is 0.154 e. The quantitative estimate of drug-likeness (QED) is 0.421. The molecule has 2 heteroatoms. The van der Waals surface area contributed by atoms with E-state index in [1.54, 1.807) is 0 Å². The Morgan fingerprint density at radius 3 is 2.71 bits per heavy atom. The minimum atomic E-state index is -1.53. The van der Waals surface area contributed by atoms with Crippen LogP contribution in [0.1, 0.15) is 19.3 Å². The molecule has 0 bridgehead atoms. The summed E-state index contributed by atoms with van der Waals surface area (Å²) in [6.45, 7) is 10.4. The van der Waals surface area contributed by atoms with E-state index in [2.05, 4.69) is 38.2 Å². The maximum absolute atomic E-state index is 12.2. The minimum absolute atomic E-state index is 0.337. The summed E-state index contributed by atoms with van der Waals surface area (Å²) in [5, 5.41) is 1.08. The third-order valence-electron chi connectivity index (χ3n) is 3.37. The first-order valence-corrected chi connectivity index (χ1v) is 9.70. The van der Waals surface area contributed by atoms with Crippen molar-refractivity contribution in [2.45, 2.75) is 38.9 Å². The molecule has 0 radical (unpaired) electrons. The second-order valence-electron chi connectivity index (χ2n) is 5.81. The molecule has 2 atom stereocenters. The predicted molar refractivity (Wildman–Crippen MR) is 76.3 cm³/mol. The second-order valence-corrected chi connectivity index (χ2v) is 10.9. The van der Waals surface area contributed by atoms with Gasteiger partial charge in [0.15, 0.2) is 5.78 Å². The molecular weight excluding hydrogens is 224 g/mol. The molecule has 0 aromatic heterocycles. The van der Waals surface area contributed by atoms with Gasteiger partial charge in [-0.1, -0.05) is 31.8 Å². The number of hydrogen-bond acceptors (Lipinski definition) is 1. The normalized spacial score (nSPS) is 25.1. The maximum atomic E-state index is 12.2. The molecule has 0 N–H and O–H groups in total. The third kappa shape index (κ3) is 3.44. The summed E-state index contributed by atoms with van der Waals surface area (Å²) in [6.07, 6.45) is 11.8. The van der Waals surface area contributed by atoms with Gasteiger partial charge in [-0.25, -0.2) is 0 Å². The summed E-state index contributed by atoms with van der Waals surface area (Å²) in [7, 11) is -1.53. The Kier molecular flexibility index (Phi) is 4.53. The van der Waals surface area contributed by atoms with Crippen LogP contribution < -0.4 is 0 Å².